The van der Waals surface area contributed by atoms with Crippen LogP contribution < -0.4 is 5.32 Å². The first kappa shape index (κ1) is 22.5. The van der Waals surface area contributed by atoms with E-state index in [0.717, 1.165) is 37.2 Å². The van der Waals surface area contributed by atoms with Gasteiger partial charge in [0.1, 0.15) is 0 Å². The van der Waals surface area contributed by atoms with E-state index in [-0.39, 0.29) is 17.7 Å². The van der Waals surface area contributed by atoms with Crippen LogP contribution in [0.2, 0.25) is 0 Å². The normalized spacial score (nSPS) is 20.0. The molecule has 1 aliphatic carbocycles. The van der Waals surface area contributed by atoms with Gasteiger partial charge in [-0.25, -0.2) is 0 Å². The van der Waals surface area contributed by atoms with Gasteiger partial charge in [-0.15, -0.1) is 0 Å². The van der Waals surface area contributed by atoms with E-state index >= 15 is 0 Å². The summed E-state index contributed by atoms with van der Waals surface area (Å²) in [6.07, 6.45) is 7.79. The smallest absolute Gasteiger partial charge is 0.256 e. The molecule has 7 nitrogen and oxygen atoms in total. The Kier molecular flexibility index (Phi) is 6.65. The molecule has 2 N–H and O–H groups in total. The summed E-state index contributed by atoms with van der Waals surface area (Å²) in [5, 5.41) is 10.3. The number of nitrogens with one attached hydrogen (secondary N) is 2. The van der Waals surface area contributed by atoms with Crippen molar-refractivity contribution in [3.63, 3.8) is 0 Å². The molecule has 2 aliphatic heterocycles. The number of hydrogen-bond acceptors (Lipinski definition) is 4. The lowest BCUT2D eigenvalue weighted by Crippen LogP contribution is -2.46. The molecule has 0 bridgehead atoms. The van der Waals surface area contributed by atoms with E-state index in [4.69, 9.17) is 0 Å². The van der Waals surface area contributed by atoms with Crippen LogP contribution in [-0.4, -0.2) is 51.9 Å². The van der Waals surface area contributed by atoms with E-state index < -0.39 is 5.54 Å². The maximum absolute atomic E-state index is 13.2. The molecule has 0 radical (unpaired) electrons. The van der Waals surface area contributed by atoms with Gasteiger partial charge in [-0.2, -0.15) is 5.10 Å². The van der Waals surface area contributed by atoms with Crippen LogP contribution in [0.4, 0.5) is 5.82 Å². The Morgan fingerprint density at radius 3 is 2.28 bits per heavy atom. The zero-order valence-corrected chi connectivity index (χ0v) is 19.5. The second kappa shape index (κ2) is 9.45. The second-order valence-corrected chi connectivity index (χ2v) is 9.72. The highest BCUT2D eigenvalue weighted by molar-refractivity contribution is 6.04. The maximum atomic E-state index is 13.2. The average molecular weight is 438 g/mol. The van der Waals surface area contributed by atoms with Gasteiger partial charge in [-0.1, -0.05) is 43.9 Å². The van der Waals surface area contributed by atoms with Crippen molar-refractivity contribution in [3.05, 3.63) is 47.2 Å². The number of fused-ring (bicyclic) bond motifs is 1. The summed E-state index contributed by atoms with van der Waals surface area (Å²) in [5.74, 6) is 0.571. The Morgan fingerprint density at radius 1 is 1.06 bits per heavy atom. The van der Waals surface area contributed by atoms with Gasteiger partial charge >= 0.3 is 0 Å². The summed E-state index contributed by atoms with van der Waals surface area (Å²) < 4.78 is 0. The fourth-order valence-corrected chi connectivity index (χ4v) is 4.47. The monoisotopic (exact) mass is 437 g/mol. The predicted octanol–water partition coefficient (Wildman–Crippen LogP) is 4.14. The van der Waals surface area contributed by atoms with Crippen molar-refractivity contribution >= 4 is 17.6 Å². The zero-order valence-electron chi connectivity index (χ0n) is 19.5. The number of benzene rings is 1. The number of likely N-dealkylation sites (tertiary alicyclic amines) is 1. The van der Waals surface area contributed by atoms with E-state index in [1.165, 1.54) is 25.7 Å². The molecule has 0 spiro atoms. The molecule has 1 saturated heterocycles. The van der Waals surface area contributed by atoms with Gasteiger partial charge in [0.2, 0.25) is 5.91 Å². The molecule has 2 amide bonds. The highest BCUT2D eigenvalue weighted by Gasteiger charge is 2.45. The van der Waals surface area contributed by atoms with Gasteiger partial charge in [-0.05, 0) is 59.0 Å². The fourth-order valence-electron chi connectivity index (χ4n) is 4.47. The van der Waals surface area contributed by atoms with E-state index in [1.54, 1.807) is 12.1 Å². The van der Waals surface area contributed by atoms with Crippen molar-refractivity contribution in [1.29, 1.82) is 0 Å². The molecule has 172 valence electrons. The number of aromatic amines is 1. The lowest BCUT2D eigenvalue weighted by molar-refractivity contribution is -0.142. The Hall–Kier alpha value is -2.67. The highest BCUT2D eigenvalue weighted by Crippen LogP contribution is 2.42. The number of rotatable bonds is 3. The number of carbonyl (C=O) groups excluding carboxylic acids is 2. The van der Waals surface area contributed by atoms with Crippen molar-refractivity contribution in [2.75, 3.05) is 25.5 Å². The van der Waals surface area contributed by atoms with Crippen molar-refractivity contribution < 1.29 is 9.59 Å². The van der Waals surface area contributed by atoms with Gasteiger partial charge in [0, 0.05) is 17.0 Å². The molecule has 0 unspecified atom stereocenters. The molecule has 1 aromatic heterocycles. The van der Waals surface area contributed by atoms with Crippen LogP contribution in [0.1, 0.15) is 74.0 Å². The molecule has 1 aromatic carbocycles. The molecule has 32 heavy (non-hydrogen) atoms. The van der Waals surface area contributed by atoms with E-state index in [9.17, 15) is 9.59 Å². The third-order valence-corrected chi connectivity index (χ3v) is 7.07. The first-order valence-electron chi connectivity index (χ1n) is 11.8. The number of carbonyl (C=O) groups is 2. The first-order valence-corrected chi connectivity index (χ1v) is 11.8. The summed E-state index contributed by atoms with van der Waals surface area (Å²) in [5.41, 5.74) is 1.90. The number of hydrogen-bond donors (Lipinski definition) is 2. The Labute approximate surface area is 190 Å². The predicted molar refractivity (Wildman–Crippen MR) is 125 cm³/mol. The standard InChI is InChI=1S/C21H27N5O2.C4H8/c1-21(2)17-16(13-26(21)20(28)15-9-11-25(3)12-10-15)18(24-23-17)22-19(27)14-7-5-4-6-8-14;1-2-4-3-1/h4-8,15H,9-13H2,1-3H3,(H2,22,23,24,27);1-4H2. The second-order valence-electron chi connectivity index (χ2n) is 9.72. The molecule has 7 heteroatoms. The van der Waals surface area contributed by atoms with Crippen LogP contribution >= 0.6 is 0 Å². The Morgan fingerprint density at radius 2 is 1.69 bits per heavy atom. The Balaban J connectivity index is 0.000000552. The molecule has 2 aromatic rings. The number of H-pyrrole nitrogens is 1. The zero-order chi connectivity index (χ0) is 22.7. The number of aromatic nitrogens is 2. The van der Waals surface area contributed by atoms with Gasteiger partial charge in [0.05, 0.1) is 17.8 Å². The van der Waals surface area contributed by atoms with Crippen LogP contribution in [0.15, 0.2) is 30.3 Å². The lowest BCUT2D eigenvalue weighted by Gasteiger charge is -2.37. The van der Waals surface area contributed by atoms with Gasteiger partial charge in [-0.3, -0.25) is 14.7 Å². The number of anilines is 1. The van der Waals surface area contributed by atoms with Crippen LogP contribution in [-0.2, 0) is 16.9 Å². The van der Waals surface area contributed by atoms with E-state index in [1.807, 2.05) is 36.9 Å². The largest absolute Gasteiger partial charge is 0.327 e. The minimum Gasteiger partial charge on any atom is -0.327 e. The van der Waals surface area contributed by atoms with Crippen LogP contribution in [0, 0.1) is 5.92 Å². The lowest BCUT2D eigenvalue weighted by atomic mass is 9.93. The summed E-state index contributed by atoms with van der Waals surface area (Å²) in [7, 11) is 2.10. The highest BCUT2D eigenvalue weighted by atomic mass is 16.2. The molecule has 2 fully saturated rings. The minimum absolute atomic E-state index is 0.0646. The minimum atomic E-state index is -0.474. The van der Waals surface area contributed by atoms with Crippen molar-refractivity contribution in [2.45, 2.75) is 64.5 Å². The van der Waals surface area contributed by atoms with Crippen LogP contribution in [0.5, 0.6) is 0 Å². The maximum Gasteiger partial charge on any atom is 0.256 e. The summed E-state index contributed by atoms with van der Waals surface area (Å²) in [6, 6.07) is 9.06. The summed E-state index contributed by atoms with van der Waals surface area (Å²) in [6.45, 7) is 6.44. The number of piperidine rings is 1. The van der Waals surface area contributed by atoms with Gasteiger partial charge < -0.3 is 15.1 Å². The van der Waals surface area contributed by atoms with E-state index in [2.05, 4.69) is 27.5 Å². The third kappa shape index (κ3) is 4.58. The molecule has 3 aliphatic rings. The molecule has 3 heterocycles. The first-order chi connectivity index (χ1) is 15.4. The summed E-state index contributed by atoms with van der Waals surface area (Å²) >= 11 is 0. The van der Waals surface area contributed by atoms with Crippen molar-refractivity contribution in [3.8, 4) is 0 Å². The third-order valence-electron chi connectivity index (χ3n) is 7.07. The molecule has 1 saturated carbocycles. The fraction of sp³-hybridized carbons (Fsp3) is 0.560. The summed E-state index contributed by atoms with van der Waals surface area (Å²) in [4.78, 5) is 29.9. The van der Waals surface area contributed by atoms with Gasteiger partial charge in [0.25, 0.3) is 5.91 Å². The van der Waals surface area contributed by atoms with Crippen LogP contribution in [0.25, 0.3) is 0 Å². The molecule has 5 rings (SSSR count). The quantitative estimate of drug-likeness (QED) is 0.756. The number of amides is 2. The van der Waals surface area contributed by atoms with Crippen molar-refractivity contribution in [2.24, 2.45) is 5.92 Å². The molecular weight excluding hydrogens is 402 g/mol. The molecule has 0 atom stereocenters. The van der Waals surface area contributed by atoms with Crippen molar-refractivity contribution in [1.82, 2.24) is 20.0 Å². The Bertz CT molecular complexity index is 936. The SMILES string of the molecule is C1CCC1.CN1CCC(C(=O)N2Cc3c(NC(=O)c4ccccc4)n[nH]c3C2(C)C)CC1. The van der Waals surface area contributed by atoms with Gasteiger partial charge in [0.15, 0.2) is 5.82 Å². The molecular formula is C25H35N5O2. The topological polar surface area (TPSA) is 81.3 Å². The number of nitrogens with zero attached hydrogens (tertiary/aromatic N) is 3. The average Bonchev–Trinajstić information content (AvgIpc) is 3.25. The van der Waals surface area contributed by atoms with E-state index in [0.29, 0.717) is 17.9 Å². The van der Waals surface area contributed by atoms with Crippen LogP contribution in [0.3, 0.4) is 0 Å².